The van der Waals surface area contributed by atoms with Gasteiger partial charge in [-0.25, -0.2) is 0 Å². The summed E-state index contributed by atoms with van der Waals surface area (Å²) >= 11 is 1.63. The molecular weight excluding hydrogens is 202 g/mol. The summed E-state index contributed by atoms with van der Waals surface area (Å²) in [6.07, 6.45) is 1.07. The Morgan fingerprint density at radius 3 is 1.87 bits per heavy atom. The molecule has 0 aliphatic heterocycles. The molecule has 0 aliphatic carbocycles. The van der Waals surface area contributed by atoms with E-state index in [2.05, 4.69) is 32.1 Å². The molecule has 1 rings (SSSR count). The van der Waals surface area contributed by atoms with Gasteiger partial charge in [0.05, 0.1) is 5.69 Å². The molecule has 90 valence electrons. The predicted octanol–water partition coefficient (Wildman–Crippen LogP) is 5.19. The third-order valence-corrected chi connectivity index (χ3v) is 2.70. The van der Waals surface area contributed by atoms with Crippen molar-refractivity contribution < 1.29 is 0 Å². The summed E-state index contributed by atoms with van der Waals surface area (Å²) in [5.74, 6) is 0.628. The van der Waals surface area contributed by atoms with E-state index in [0.29, 0.717) is 5.92 Å². The van der Waals surface area contributed by atoms with Gasteiger partial charge in [-0.3, -0.25) is 0 Å². The van der Waals surface area contributed by atoms with Crippen LogP contribution in [0.2, 0.25) is 0 Å². The molecule has 0 aromatic carbocycles. The van der Waals surface area contributed by atoms with E-state index in [0.717, 1.165) is 6.42 Å². The summed E-state index contributed by atoms with van der Waals surface area (Å²) in [4.78, 5) is 1.39. The van der Waals surface area contributed by atoms with Crippen LogP contribution in [0.15, 0.2) is 0 Å². The molecule has 0 saturated carbocycles. The van der Waals surface area contributed by atoms with Gasteiger partial charge in [0.25, 0.3) is 0 Å². The van der Waals surface area contributed by atoms with Gasteiger partial charge in [0.15, 0.2) is 0 Å². The standard InChI is InChI=1S/C9H15NS.2C2H6/c1-5-8-9(6(2)3)7(4)11-10-8;2*1-2/h6H,5H2,1-4H3;2*1-2H3. The maximum atomic E-state index is 4.40. The van der Waals surface area contributed by atoms with Crippen LogP contribution in [0.3, 0.4) is 0 Å². The summed E-state index contributed by atoms with van der Waals surface area (Å²) in [5.41, 5.74) is 2.76. The van der Waals surface area contributed by atoms with Crippen LogP contribution in [0.1, 0.15) is 70.5 Å². The largest absolute Gasteiger partial charge is 0.197 e. The van der Waals surface area contributed by atoms with Gasteiger partial charge in [0.2, 0.25) is 0 Å². The number of hydrogen-bond acceptors (Lipinski definition) is 2. The Bertz CT molecular complexity index is 239. The van der Waals surface area contributed by atoms with E-state index in [4.69, 9.17) is 0 Å². The van der Waals surface area contributed by atoms with Crippen molar-refractivity contribution in [3.8, 4) is 0 Å². The number of hydrogen-bond donors (Lipinski definition) is 0. The maximum absolute atomic E-state index is 4.40. The summed E-state index contributed by atoms with van der Waals surface area (Å²) in [5, 5.41) is 0. The summed E-state index contributed by atoms with van der Waals surface area (Å²) in [6, 6.07) is 0. The van der Waals surface area contributed by atoms with Crippen LogP contribution in [0.4, 0.5) is 0 Å². The average Bonchev–Trinajstić information content (AvgIpc) is 2.65. The summed E-state index contributed by atoms with van der Waals surface area (Å²) < 4.78 is 4.40. The molecule has 15 heavy (non-hydrogen) atoms. The predicted molar refractivity (Wildman–Crippen MR) is 73.0 cm³/mol. The molecule has 2 heteroatoms. The molecule has 1 aromatic rings. The number of rotatable bonds is 2. The molecule has 0 N–H and O–H groups in total. The molecule has 0 atom stereocenters. The molecule has 0 aliphatic rings. The summed E-state index contributed by atoms with van der Waals surface area (Å²) in [7, 11) is 0. The highest BCUT2D eigenvalue weighted by Crippen LogP contribution is 2.26. The fourth-order valence-electron chi connectivity index (χ4n) is 1.42. The maximum Gasteiger partial charge on any atom is 0.0576 e. The smallest absolute Gasteiger partial charge is 0.0576 e. The molecule has 0 spiro atoms. The van der Waals surface area contributed by atoms with Crippen molar-refractivity contribution in [2.24, 2.45) is 0 Å². The van der Waals surface area contributed by atoms with Gasteiger partial charge in [0, 0.05) is 4.88 Å². The number of nitrogens with zero attached hydrogens (tertiary/aromatic N) is 1. The second-order valence-electron chi connectivity index (χ2n) is 3.11. The second kappa shape index (κ2) is 10.2. The third kappa shape index (κ3) is 5.31. The topological polar surface area (TPSA) is 12.9 Å². The van der Waals surface area contributed by atoms with E-state index < -0.39 is 0 Å². The van der Waals surface area contributed by atoms with E-state index in [1.54, 1.807) is 11.5 Å². The lowest BCUT2D eigenvalue weighted by Gasteiger charge is -2.04. The van der Waals surface area contributed by atoms with E-state index in [1.165, 1.54) is 16.1 Å². The lowest BCUT2D eigenvalue weighted by Crippen LogP contribution is -1.93. The molecule has 0 bridgehead atoms. The molecule has 0 radical (unpaired) electrons. The Labute approximate surface area is 100 Å². The second-order valence-corrected chi connectivity index (χ2v) is 4.08. The van der Waals surface area contributed by atoms with Crippen LogP contribution in [-0.2, 0) is 6.42 Å². The minimum absolute atomic E-state index is 0.628. The Kier molecular flexibility index (Phi) is 11.5. The normalized spacial score (nSPS) is 8.87. The van der Waals surface area contributed by atoms with Crippen molar-refractivity contribution in [3.05, 3.63) is 16.1 Å². The van der Waals surface area contributed by atoms with Crippen molar-refractivity contribution in [2.45, 2.75) is 67.7 Å². The first kappa shape index (κ1) is 17.0. The highest BCUT2D eigenvalue weighted by Gasteiger charge is 2.11. The van der Waals surface area contributed by atoms with Gasteiger partial charge < -0.3 is 0 Å². The highest BCUT2D eigenvalue weighted by atomic mass is 32.1. The molecular formula is C13H27NS. The Hall–Kier alpha value is -0.370. The first-order valence-corrected chi connectivity index (χ1v) is 6.89. The van der Waals surface area contributed by atoms with Gasteiger partial charge in [-0.15, -0.1) is 0 Å². The van der Waals surface area contributed by atoms with E-state index >= 15 is 0 Å². The number of aryl methyl sites for hydroxylation is 2. The van der Waals surface area contributed by atoms with Gasteiger partial charge in [0.1, 0.15) is 0 Å². The van der Waals surface area contributed by atoms with E-state index in [-0.39, 0.29) is 0 Å². The monoisotopic (exact) mass is 229 g/mol. The van der Waals surface area contributed by atoms with Crippen LogP contribution in [-0.4, -0.2) is 4.37 Å². The molecule has 0 fully saturated rings. The van der Waals surface area contributed by atoms with Crippen molar-refractivity contribution in [1.82, 2.24) is 4.37 Å². The van der Waals surface area contributed by atoms with Gasteiger partial charge in [-0.2, -0.15) is 4.37 Å². The molecule has 0 saturated heterocycles. The lowest BCUT2D eigenvalue weighted by molar-refractivity contribution is 0.834. The Morgan fingerprint density at radius 1 is 1.13 bits per heavy atom. The third-order valence-electron chi connectivity index (χ3n) is 1.90. The van der Waals surface area contributed by atoms with Crippen molar-refractivity contribution in [3.63, 3.8) is 0 Å². The van der Waals surface area contributed by atoms with Crippen LogP contribution in [0, 0.1) is 6.92 Å². The average molecular weight is 229 g/mol. The van der Waals surface area contributed by atoms with Crippen molar-refractivity contribution in [2.75, 3.05) is 0 Å². The van der Waals surface area contributed by atoms with E-state index in [9.17, 15) is 0 Å². The van der Waals surface area contributed by atoms with Crippen LogP contribution in [0.25, 0.3) is 0 Å². The molecule has 1 heterocycles. The SMILES string of the molecule is CC.CC.CCc1nsc(C)c1C(C)C. The quantitative estimate of drug-likeness (QED) is 0.680. The Morgan fingerprint density at radius 2 is 1.60 bits per heavy atom. The fraction of sp³-hybridized carbons (Fsp3) is 0.769. The van der Waals surface area contributed by atoms with Gasteiger partial charge >= 0.3 is 0 Å². The molecule has 1 aromatic heterocycles. The summed E-state index contributed by atoms with van der Waals surface area (Å²) in [6.45, 7) is 16.8. The van der Waals surface area contributed by atoms with Crippen LogP contribution < -0.4 is 0 Å². The minimum atomic E-state index is 0.628. The lowest BCUT2D eigenvalue weighted by atomic mass is 10.0. The zero-order chi connectivity index (χ0) is 12.4. The molecule has 0 amide bonds. The first-order chi connectivity index (χ1) is 7.16. The van der Waals surface area contributed by atoms with Crippen molar-refractivity contribution in [1.29, 1.82) is 0 Å². The molecule has 1 nitrogen and oxygen atoms in total. The van der Waals surface area contributed by atoms with E-state index in [1.807, 2.05) is 27.7 Å². The zero-order valence-electron chi connectivity index (χ0n) is 11.6. The fourth-order valence-corrected chi connectivity index (χ4v) is 2.35. The minimum Gasteiger partial charge on any atom is -0.197 e. The highest BCUT2D eigenvalue weighted by molar-refractivity contribution is 7.05. The number of aromatic nitrogens is 1. The first-order valence-electron chi connectivity index (χ1n) is 6.11. The van der Waals surface area contributed by atoms with Gasteiger partial charge in [-0.05, 0) is 36.4 Å². The Balaban J connectivity index is 0. The van der Waals surface area contributed by atoms with Crippen molar-refractivity contribution >= 4 is 11.5 Å². The van der Waals surface area contributed by atoms with Crippen LogP contribution >= 0.6 is 11.5 Å². The zero-order valence-corrected chi connectivity index (χ0v) is 12.5. The van der Waals surface area contributed by atoms with Gasteiger partial charge in [-0.1, -0.05) is 48.5 Å². The van der Waals surface area contributed by atoms with Crippen LogP contribution in [0.5, 0.6) is 0 Å². The molecule has 0 unspecified atom stereocenters.